The number of ether oxygens (including phenoxy) is 1. The van der Waals surface area contributed by atoms with Gasteiger partial charge in [0.1, 0.15) is 19.0 Å². The summed E-state index contributed by atoms with van der Waals surface area (Å²) in [6.45, 7) is 0. The third-order valence-corrected chi connectivity index (χ3v) is 0.944. The van der Waals surface area contributed by atoms with Crippen molar-refractivity contribution in [1.82, 2.24) is 0 Å². The normalized spacial score (nSPS) is 8.67. The molecule has 0 aromatic heterocycles. The van der Waals surface area contributed by atoms with E-state index in [4.69, 9.17) is 0 Å². The predicted octanol–water partition coefficient (Wildman–Crippen LogP) is -0.376. The van der Waals surface area contributed by atoms with Gasteiger partial charge in [-0.05, 0) is 0 Å². The Hall–Kier alpha value is -1.52. The molecule has 0 atom stereocenters. The molecule has 0 bridgehead atoms. The molecule has 5 nitrogen and oxygen atoms in total. The summed E-state index contributed by atoms with van der Waals surface area (Å²) in [7, 11) is 0. The van der Waals surface area contributed by atoms with Gasteiger partial charge in [0.2, 0.25) is 0 Å². The molecule has 0 N–H and O–H groups in total. The van der Waals surface area contributed by atoms with Crippen LogP contribution in [0, 0.1) is 0 Å². The third-order valence-electron chi connectivity index (χ3n) is 0.944. The zero-order valence-electron chi connectivity index (χ0n) is 6.32. The van der Waals surface area contributed by atoms with Crippen LogP contribution >= 0.6 is 0 Å². The average molecular weight is 172 g/mol. The van der Waals surface area contributed by atoms with Gasteiger partial charge in [-0.15, -0.1) is 0 Å². The van der Waals surface area contributed by atoms with Crippen LogP contribution < -0.4 is 0 Å². The van der Waals surface area contributed by atoms with E-state index in [1.807, 2.05) is 0 Å². The molecule has 0 aliphatic heterocycles. The summed E-state index contributed by atoms with van der Waals surface area (Å²) >= 11 is 0. The molecule has 0 amide bonds. The molecule has 0 aliphatic carbocycles. The summed E-state index contributed by atoms with van der Waals surface area (Å²) < 4.78 is 4.12. The van der Waals surface area contributed by atoms with Crippen LogP contribution in [0.3, 0.4) is 0 Å². The average Bonchev–Trinajstić information content (AvgIpc) is 2.01. The van der Waals surface area contributed by atoms with Crippen molar-refractivity contribution in [2.24, 2.45) is 0 Å². The van der Waals surface area contributed by atoms with Gasteiger partial charge in [0.15, 0.2) is 0 Å². The lowest BCUT2D eigenvalue weighted by Gasteiger charge is -1.96. The molecule has 0 fully saturated rings. The predicted molar refractivity (Wildman–Crippen MR) is 37.1 cm³/mol. The smallest absolute Gasteiger partial charge is 0.320 e. The molecular formula is C7H8O5. The number of hydrogen-bond donors (Lipinski definition) is 0. The van der Waals surface area contributed by atoms with Gasteiger partial charge in [0.05, 0.1) is 6.42 Å². The molecule has 5 heteroatoms. The molecule has 0 saturated heterocycles. The van der Waals surface area contributed by atoms with Crippen molar-refractivity contribution in [3.05, 3.63) is 0 Å². The summed E-state index contributed by atoms with van der Waals surface area (Å²) in [6.07, 6.45) is 0.342. The minimum atomic E-state index is -0.888. The van der Waals surface area contributed by atoms with E-state index in [0.29, 0.717) is 12.6 Å². The minimum Gasteiger partial charge on any atom is -0.393 e. The van der Waals surface area contributed by atoms with Crippen LogP contribution in [0.2, 0.25) is 0 Å². The van der Waals surface area contributed by atoms with Gasteiger partial charge < -0.3 is 14.3 Å². The summed E-state index contributed by atoms with van der Waals surface area (Å²) in [5, 5.41) is 0. The first-order chi connectivity index (χ1) is 5.70. The zero-order chi connectivity index (χ0) is 9.40. The maximum absolute atomic E-state index is 10.6. The van der Waals surface area contributed by atoms with Gasteiger partial charge in [-0.25, -0.2) is 0 Å². The topological polar surface area (TPSA) is 77.5 Å². The van der Waals surface area contributed by atoms with Gasteiger partial charge in [-0.2, -0.15) is 0 Å². The lowest BCUT2D eigenvalue weighted by Crippen LogP contribution is -2.12. The van der Waals surface area contributed by atoms with Gasteiger partial charge in [-0.3, -0.25) is 9.59 Å². The minimum absolute atomic E-state index is 0.0210. The van der Waals surface area contributed by atoms with Crippen LogP contribution in [0.15, 0.2) is 0 Å². The first-order valence-corrected chi connectivity index (χ1v) is 3.31. The summed E-state index contributed by atoms with van der Waals surface area (Å²) in [5.74, 6) is -1.67. The Kier molecular flexibility index (Phi) is 5.42. The fourth-order valence-corrected chi connectivity index (χ4v) is 0.464. The van der Waals surface area contributed by atoms with Crippen LogP contribution in [0.4, 0.5) is 0 Å². The van der Waals surface area contributed by atoms with Gasteiger partial charge >= 0.3 is 11.9 Å². The van der Waals surface area contributed by atoms with E-state index in [-0.39, 0.29) is 12.8 Å². The fraction of sp³-hybridized carbons (Fsp3) is 0.429. The largest absolute Gasteiger partial charge is 0.393 e. The summed E-state index contributed by atoms with van der Waals surface area (Å²) in [5.41, 5.74) is 0. The molecule has 66 valence electrons. The second-order valence-electron chi connectivity index (χ2n) is 1.92. The van der Waals surface area contributed by atoms with Crippen molar-refractivity contribution in [2.45, 2.75) is 19.3 Å². The highest BCUT2D eigenvalue weighted by Gasteiger charge is 2.08. The Morgan fingerprint density at radius 2 is 1.75 bits per heavy atom. The lowest BCUT2D eigenvalue weighted by molar-refractivity contribution is -0.159. The summed E-state index contributed by atoms with van der Waals surface area (Å²) in [4.78, 5) is 40.5. The maximum atomic E-state index is 10.6. The van der Waals surface area contributed by atoms with Crippen LogP contribution in [0.25, 0.3) is 0 Å². The van der Waals surface area contributed by atoms with Crippen molar-refractivity contribution >= 4 is 24.5 Å². The number of carbonyl (C=O) groups is 4. The SMILES string of the molecule is O=CCCC(=O)OC(=O)CC=O. The number of carbonyl (C=O) groups excluding carboxylic acids is 4. The molecule has 0 spiro atoms. The number of rotatable bonds is 5. The monoisotopic (exact) mass is 172 g/mol. The number of esters is 2. The van der Waals surface area contributed by atoms with Gasteiger partial charge in [0.25, 0.3) is 0 Å². The second kappa shape index (κ2) is 6.21. The van der Waals surface area contributed by atoms with Crippen molar-refractivity contribution in [3.63, 3.8) is 0 Å². The first-order valence-electron chi connectivity index (χ1n) is 3.31. The second-order valence-corrected chi connectivity index (χ2v) is 1.92. The van der Waals surface area contributed by atoms with E-state index >= 15 is 0 Å². The maximum Gasteiger partial charge on any atom is 0.320 e. The van der Waals surface area contributed by atoms with E-state index in [2.05, 4.69) is 4.74 Å². The highest BCUT2D eigenvalue weighted by Crippen LogP contribution is 1.91. The number of aldehydes is 2. The molecule has 0 radical (unpaired) electrons. The molecule has 0 saturated carbocycles. The van der Waals surface area contributed by atoms with Crippen LogP contribution in [-0.2, 0) is 23.9 Å². The molecule has 0 aromatic carbocycles. The summed E-state index contributed by atoms with van der Waals surface area (Å²) in [6, 6.07) is 0. The van der Waals surface area contributed by atoms with E-state index in [1.54, 1.807) is 0 Å². The van der Waals surface area contributed by atoms with E-state index in [9.17, 15) is 19.2 Å². The molecule has 0 unspecified atom stereocenters. The van der Waals surface area contributed by atoms with E-state index < -0.39 is 18.4 Å². The molecule has 0 aliphatic rings. The molecule has 0 heterocycles. The van der Waals surface area contributed by atoms with Crippen molar-refractivity contribution < 1.29 is 23.9 Å². The quantitative estimate of drug-likeness (QED) is 0.321. The van der Waals surface area contributed by atoms with E-state index in [1.165, 1.54) is 0 Å². The first kappa shape index (κ1) is 10.5. The standard InChI is InChI=1S/C7H8O5/c8-4-1-2-6(10)12-7(11)3-5-9/h4-5H,1-3H2. The lowest BCUT2D eigenvalue weighted by atomic mass is 10.3. The Bertz CT molecular complexity index is 196. The van der Waals surface area contributed by atoms with Gasteiger partial charge in [-0.1, -0.05) is 0 Å². The third kappa shape index (κ3) is 5.28. The molecule has 0 aromatic rings. The van der Waals surface area contributed by atoms with Gasteiger partial charge in [0, 0.05) is 6.42 Å². The van der Waals surface area contributed by atoms with Crippen LogP contribution in [-0.4, -0.2) is 24.5 Å². The van der Waals surface area contributed by atoms with Crippen LogP contribution in [0.1, 0.15) is 19.3 Å². The molecule has 0 rings (SSSR count). The Morgan fingerprint density at radius 3 is 2.25 bits per heavy atom. The number of hydrogen-bond acceptors (Lipinski definition) is 5. The van der Waals surface area contributed by atoms with Crippen LogP contribution in [0.5, 0.6) is 0 Å². The zero-order valence-corrected chi connectivity index (χ0v) is 6.32. The van der Waals surface area contributed by atoms with Crippen molar-refractivity contribution in [2.75, 3.05) is 0 Å². The molecule has 12 heavy (non-hydrogen) atoms. The molecular weight excluding hydrogens is 164 g/mol. The Labute approximate surface area is 68.7 Å². The fourth-order valence-electron chi connectivity index (χ4n) is 0.464. The Morgan fingerprint density at radius 1 is 1.08 bits per heavy atom. The Balaban J connectivity index is 3.60. The van der Waals surface area contributed by atoms with Crippen molar-refractivity contribution in [3.8, 4) is 0 Å². The highest BCUT2D eigenvalue weighted by atomic mass is 16.6. The van der Waals surface area contributed by atoms with Crippen molar-refractivity contribution in [1.29, 1.82) is 0 Å². The van der Waals surface area contributed by atoms with E-state index in [0.717, 1.165) is 0 Å². The highest BCUT2D eigenvalue weighted by molar-refractivity contribution is 5.92.